The van der Waals surface area contributed by atoms with Gasteiger partial charge < -0.3 is 9.84 Å². The summed E-state index contributed by atoms with van der Waals surface area (Å²) in [6, 6.07) is 8.71. The first-order valence-corrected chi connectivity index (χ1v) is 6.23. The zero-order valence-corrected chi connectivity index (χ0v) is 10.1. The van der Waals surface area contributed by atoms with E-state index in [4.69, 9.17) is 4.74 Å². The lowest BCUT2D eigenvalue weighted by atomic mass is 9.86. The van der Waals surface area contributed by atoms with Gasteiger partial charge in [-0.3, -0.25) is 0 Å². The Kier molecular flexibility index (Phi) is 4.33. The van der Waals surface area contributed by atoms with E-state index in [-0.39, 0.29) is 12.5 Å². The van der Waals surface area contributed by atoms with Crippen molar-refractivity contribution in [2.24, 2.45) is 5.92 Å². The van der Waals surface area contributed by atoms with Crippen molar-refractivity contribution in [3.8, 4) is 0 Å². The molecular weight excluding hydrogens is 232 g/mol. The van der Waals surface area contributed by atoms with Crippen molar-refractivity contribution >= 4 is 5.97 Å². The molecule has 1 saturated carbocycles. The Labute approximate surface area is 106 Å². The Morgan fingerprint density at radius 2 is 2.00 bits per heavy atom. The summed E-state index contributed by atoms with van der Waals surface area (Å²) < 4.78 is 5.29. The minimum Gasteiger partial charge on any atom is -0.456 e. The quantitative estimate of drug-likeness (QED) is 0.831. The molecule has 0 saturated heterocycles. The molecule has 1 N–H and O–H groups in total. The number of hydrogen-bond acceptors (Lipinski definition) is 3. The summed E-state index contributed by atoms with van der Waals surface area (Å²) in [4.78, 5) is 11.8. The molecule has 0 aromatic heterocycles. The Morgan fingerprint density at radius 3 is 2.61 bits per heavy atom. The SMILES string of the molecule is [O]CC1CCC(OC(=O)c2ccccc2)C(O)C1. The number of aliphatic hydroxyl groups excluding tert-OH is 1. The van der Waals surface area contributed by atoms with E-state index in [9.17, 15) is 15.0 Å². The summed E-state index contributed by atoms with van der Waals surface area (Å²) >= 11 is 0. The van der Waals surface area contributed by atoms with E-state index in [2.05, 4.69) is 0 Å². The van der Waals surface area contributed by atoms with Crippen molar-refractivity contribution in [3.05, 3.63) is 35.9 Å². The fourth-order valence-electron chi connectivity index (χ4n) is 2.27. The molecule has 3 unspecified atom stereocenters. The normalized spacial score (nSPS) is 27.8. The molecule has 0 aliphatic heterocycles. The monoisotopic (exact) mass is 249 g/mol. The largest absolute Gasteiger partial charge is 0.456 e. The Hall–Kier alpha value is -1.39. The van der Waals surface area contributed by atoms with E-state index < -0.39 is 18.2 Å². The van der Waals surface area contributed by atoms with E-state index in [1.165, 1.54) is 0 Å². The van der Waals surface area contributed by atoms with Gasteiger partial charge in [-0.2, -0.15) is 0 Å². The van der Waals surface area contributed by atoms with Gasteiger partial charge in [0, 0.05) is 0 Å². The van der Waals surface area contributed by atoms with Crippen molar-refractivity contribution in [2.75, 3.05) is 6.61 Å². The molecule has 1 aliphatic carbocycles. The predicted octanol–water partition coefficient (Wildman–Crippen LogP) is 1.80. The second kappa shape index (κ2) is 5.98. The summed E-state index contributed by atoms with van der Waals surface area (Å²) in [5.74, 6) is -0.410. The predicted molar refractivity (Wildman–Crippen MR) is 64.5 cm³/mol. The van der Waals surface area contributed by atoms with Crippen molar-refractivity contribution in [3.63, 3.8) is 0 Å². The maximum atomic E-state index is 11.8. The fraction of sp³-hybridized carbons (Fsp3) is 0.500. The highest BCUT2D eigenvalue weighted by atomic mass is 16.6. The number of aliphatic hydroxyl groups is 1. The standard InChI is InChI=1S/C14H17O4/c15-9-10-6-7-13(12(16)8-10)18-14(17)11-4-2-1-3-5-11/h1-5,10,12-13,16H,6-9H2. The van der Waals surface area contributed by atoms with Crippen LogP contribution in [0.4, 0.5) is 0 Å². The third kappa shape index (κ3) is 3.09. The van der Waals surface area contributed by atoms with Gasteiger partial charge in [-0.05, 0) is 37.3 Å². The Bertz CT molecular complexity index is 390. The zero-order chi connectivity index (χ0) is 13.0. The molecule has 0 heterocycles. The Balaban J connectivity index is 1.92. The molecule has 1 radical (unpaired) electrons. The molecule has 3 atom stereocenters. The third-order valence-electron chi connectivity index (χ3n) is 3.37. The first-order chi connectivity index (χ1) is 8.70. The molecule has 4 heteroatoms. The lowest BCUT2D eigenvalue weighted by Gasteiger charge is -2.31. The molecule has 0 spiro atoms. The number of esters is 1. The summed E-state index contributed by atoms with van der Waals surface area (Å²) in [6.45, 7) is -0.170. The molecule has 1 fully saturated rings. The van der Waals surface area contributed by atoms with Gasteiger partial charge in [-0.25, -0.2) is 9.90 Å². The number of benzene rings is 1. The third-order valence-corrected chi connectivity index (χ3v) is 3.37. The summed E-state index contributed by atoms with van der Waals surface area (Å²) in [5.41, 5.74) is 0.482. The van der Waals surface area contributed by atoms with Crippen molar-refractivity contribution in [1.82, 2.24) is 0 Å². The zero-order valence-electron chi connectivity index (χ0n) is 10.1. The molecule has 2 rings (SSSR count). The maximum Gasteiger partial charge on any atom is 0.338 e. The number of rotatable bonds is 3. The average molecular weight is 249 g/mol. The summed E-state index contributed by atoms with van der Waals surface area (Å²) in [7, 11) is 0. The number of carbonyl (C=O) groups excluding carboxylic acids is 1. The number of hydrogen-bond donors (Lipinski definition) is 1. The average Bonchev–Trinajstić information content (AvgIpc) is 2.42. The highest BCUT2D eigenvalue weighted by molar-refractivity contribution is 5.89. The van der Waals surface area contributed by atoms with Gasteiger partial charge >= 0.3 is 5.97 Å². The minimum atomic E-state index is -0.717. The van der Waals surface area contributed by atoms with Crippen LogP contribution < -0.4 is 0 Å². The molecule has 1 aromatic carbocycles. The van der Waals surface area contributed by atoms with E-state index in [1.54, 1.807) is 24.3 Å². The van der Waals surface area contributed by atoms with E-state index in [0.717, 1.165) is 0 Å². The number of carbonyl (C=O) groups is 1. The van der Waals surface area contributed by atoms with Gasteiger partial charge in [-0.15, -0.1) is 0 Å². The van der Waals surface area contributed by atoms with Crippen LogP contribution in [-0.4, -0.2) is 29.9 Å². The van der Waals surface area contributed by atoms with Crippen LogP contribution in [-0.2, 0) is 9.84 Å². The number of ether oxygens (including phenoxy) is 1. The maximum absolute atomic E-state index is 11.8. The molecule has 0 bridgehead atoms. The van der Waals surface area contributed by atoms with Crippen LogP contribution in [0.2, 0.25) is 0 Å². The van der Waals surface area contributed by atoms with Crippen LogP contribution in [0.5, 0.6) is 0 Å². The van der Waals surface area contributed by atoms with Gasteiger partial charge in [0.05, 0.1) is 18.3 Å². The molecule has 4 nitrogen and oxygen atoms in total. The van der Waals surface area contributed by atoms with Crippen LogP contribution in [0, 0.1) is 5.92 Å². The van der Waals surface area contributed by atoms with Crippen molar-refractivity contribution in [2.45, 2.75) is 31.5 Å². The van der Waals surface area contributed by atoms with Gasteiger partial charge in [0.2, 0.25) is 0 Å². The molecule has 1 aliphatic rings. The molecule has 1 aromatic rings. The first kappa shape index (κ1) is 13.1. The van der Waals surface area contributed by atoms with Gasteiger partial charge in [-0.1, -0.05) is 18.2 Å². The summed E-state index contributed by atoms with van der Waals surface area (Å²) in [6.07, 6.45) is 0.502. The molecule has 18 heavy (non-hydrogen) atoms. The minimum absolute atomic E-state index is 0.00618. The summed E-state index contributed by atoms with van der Waals surface area (Å²) in [5, 5.41) is 20.6. The Morgan fingerprint density at radius 1 is 1.28 bits per heavy atom. The molecule has 0 amide bonds. The molecular formula is C14H17O4. The molecule has 97 valence electrons. The second-order valence-electron chi connectivity index (χ2n) is 4.72. The van der Waals surface area contributed by atoms with E-state index in [0.29, 0.717) is 24.8 Å². The highest BCUT2D eigenvalue weighted by Crippen LogP contribution is 2.27. The second-order valence-corrected chi connectivity index (χ2v) is 4.72. The lowest BCUT2D eigenvalue weighted by Crippen LogP contribution is -2.38. The lowest BCUT2D eigenvalue weighted by molar-refractivity contribution is -0.0558. The first-order valence-electron chi connectivity index (χ1n) is 6.23. The van der Waals surface area contributed by atoms with E-state index >= 15 is 0 Å². The van der Waals surface area contributed by atoms with Crippen molar-refractivity contribution < 1.29 is 19.7 Å². The highest BCUT2D eigenvalue weighted by Gasteiger charge is 2.31. The topological polar surface area (TPSA) is 66.4 Å². The van der Waals surface area contributed by atoms with E-state index in [1.807, 2.05) is 6.07 Å². The van der Waals surface area contributed by atoms with Gasteiger partial charge in [0.15, 0.2) is 0 Å². The van der Waals surface area contributed by atoms with Gasteiger partial charge in [0.1, 0.15) is 6.10 Å². The van der Waals surface area contributed by atoms with Crippen LogP contribution in [0.25, 0.3) is 0 Å². The van der Waals surface area contributed by atoms with Gasteiger partial charge in [0.25, 0.3) is 0 Å². The van der Waals surface area contributed by atoms with Crippen LogP contribution >= 0.6 is 0 Å². The van der Waals surface area contributed by atoms with Crippen molar-refractivity contribution in [1.29, 1.82) is 0 Å². The fourth-order valence-corrected chi connectivity index (χ4v) is 2.27. The van der Waals surface area contributed by atoms with Crippen LogP contribution in [0.3, 0.4) is 0 Å². The smallest absolute Gasteiger partial charge is 0.338 e. The van der Waals surface area contributed by atoms with Crippen LogP contribution in [0.15, 0.2) is 30.3 Å². The van der Waals surface area contributed by atoms with Crippen LogP contribution in [0.1, 0.15) is 29.6 Å².